The number of carbonyl (C=O) groups is 1. The molecular formula is C11H8ClNO3. The first-order valence-electron chi connectivity index (χ1n) is 4.46. The maximum absolute atomic E-state index is 10.6. The van der Waals surface area contributed by atoms with Gasteiger partial charge in [-0.3, -0.25) is 0 Å². The molecule has 1 aromatic carbocycles. The molecule has 82 valence electrons. The molecular weight excluding hydrogens is 230 g/mol. The fourth-order valence-electron chi connectivity index (χ4n) is 1.33. The SMILES string of the molecule is Nc1ccc(-c2ccc(C(=O)O)o2)c(Cl)c1. The molecule has 1 aromatic heterocycles. The monoisotopic (exact) mass is 237 g/mol. The van der Waals surface area contributed by atoms with Gasteiger partial charge in [-0.25, -0.2) is 4.79 Å². The standard InChI is InChI=1S/C11H8ClNO3/c12-8-5-6(13)1-2-7(8)9-3-4-10(16-9)11(14)15/h1-5H,13H2,(H,14,15). The first-order chi connectivity index (χ1) is 7.58. The van der Waals surface area contributed by atoms with E-state index in [0.717, 1.165) is 0 Å². The van der Waals surface area contributed by atoms with Crippen molar-refractivity contribution < 1.29 is 14.3 Å². The van der Waals surface area contributed by atoms with Crippen molar-refractivity contribution in [1.29, 1.82) is 0 Å². The van der Waals surface area contributed by atoms with Crippen LogP contribution >= 0.6 is 11.6 Å². The van der Waals surface area contributed by atoms with Crippen molar-refractivity contribution in [2.45, 2.75) is 0 Å². The number of carboxylic acid groups (broad SMARTS) is 1. The number of anilines is 1. The minimum atomic E-state index is -1.11. The van der Waals surface area contributed by atoms with Gasteiger partial charge in [0.05, 0.1) is 5.02 Å². The Balaban J connectivity index is 2.46. The number of rotatable bonds is 2. The van der Waals surface area contributed by atoms with Gasteiger partial charge in [-0.05, 0) is 30.3 Å². The van der Waals surface area contributed by atoms with Crippen LogP contribution in [-0.4, -0.2) is 11.1 Å². The molecule has 0 bridgehead atoms. The second-order valence-corrected chi connectivity index (χ2v) is 3.62. The lowest BCUT2D eigenvalue weighted by atomic mass is 10.1. The third kappa shape index (κ3) is 1.87. The number of aromatic carboxylic acids is 1. The molecule has 0 aliphatic carbocycles. The summed E-state index contributed by atoms with van der Waals surface area (Å²) < 4.78 is 5.13. The van der Waals surface area contributed by atoms with Gasteiger partial charge in [0.1, 0.15) is 5.76 Å². The van der Waals surface area contributed by atoms with Crippen molar-refractivity contribution in [3.8, 4) is 11.3 Å². The number of benzene rings is 1. The summed E-state index contributed by atoms with van der Waals surface area (Å²) in [6.07, 6.45) is 0. The third-order valence-corrected chi connectivity index (χ3v) is 2.39. The van der Waals surface area contributed by atoms with Crippen LogP contribution in [0.3, 0.4) is 0 Å². The molecule has 0 aliphatic heterocycles. The van der Waals surface area contributed by atoms with Gasteiger partial charge in [-0.15, -0.1) is 0 Å². The van der Waals surface area contributed by atoms with Crippen LogP contribution in [0.25, 0.3) is 11.3 Å². The van der Waals surface area contributed by atoms with Gasteiger partial charge in [-0.1, -0.05) is 11.6 Å². The molecule has 1 heterocycles. The number of hydrogen-bond donors (Lipinski definition) is 2. The Morgan fingerprint density at radius 3 is 2.62 bits per heavy atom. The van der Waals surface area contributed by atoms with Crippen LogP contribution < -0.4 is 5.73 Å². The van der Waals surface area contributed by atoms with E-state index in [4.69, 9.17) is 26.9 Å². The summed E-state index contributed by atoms with van der Waals surface area (Å²) in [5.41, 5.74) is 6.70. The van der Waals surface area contributed by atoms with E-state index in [2.05, 4.69) is 0 Å². The molecule has 0 saturated carbocycles. The zero-order valence-electron chi connectivity index (χ0n) is 8.11. The number of carboxylic acids is 1. The van der Waals surface area contributed by atoms with Crippen LogP contribution in [0.4, 0.5) is 5.69 Å². The maximum Gasteiger partial charge on any atom is 0.371 e. The zero-order valence-corrected chi connectivity index (χ0v) is 8.86. The normalized spacial score (nSPS) is 10.3. The molecule has 2 rings (SSSR count). The first-order valence-corrected chi connectivity index (χ1v) is 4.84. The molecule has 0 radical (unpaired) electrons. The van der Waals surface area contributed by atoms with Crippen LogP contribution in [0, 0.1) is 0 Å². The summed E-state index contributed by atoms with van der Waals surface area (Å²) in [4.78, 5) is 10.6. The molecule has 0 spiro atoms. The van der Waals surface area contributed by atoms with Crippen LogP contribution in [0.1, 0.15) is 10.6 Å². The number of halogens is 1. The summed E-state index contributed by atoms with van der Waals surface area (Å²) in [7, 11) is 0. The second-order valence-electron chi connectivity index (χ2n) is 3.21. The van der Waals surface area contributed by atoms with Crippen molar-refractivity contribution in [2.75, 3.05) is 5.73 Å². The van der Waals surface area contributed by atoms with E-state index in [0.29, 0.717) is 22.0 Å². The average Bonchev–Trinajstić information content (AvgIpc) is 2.66. The molecule has 0 atom stereocenters. The minimum absolute atomic E-state index is 0.122. The lowest BCUT2D eigenvalue weighted by molar-refractivity contribution is 0.0663. The van der Waals surface area contributed by atoms with Gasteiger partial charge in [-0.2, -0.15) is 0 Å². The van der Waals surface area contributed by atoms with Gasteiger partial charge < -0.3 is 15.3 Å². The van der Waals surface area contributed by atoms with E-state index in [-0.39, 0.29) is 5.76 Å². The first kappa shape index (κ1) is 10.6. The van der Waals surface area contributed by atoms with Gasteiger partial charge in [0.25, 0.3) is 0 Å². The summed E-state index contributed by atoms with van der Waals surface area (Å²) in [5.74, 6) is -0.830. The summed E-state index contributed by atoms with van der Waals surface area (Å²) in [6, 6.07) is 7.87. The van der Waals surface area contributed by atoms with Gasteiger partial charge in [0, 0.05) is 11.3 Å². The topological polar surface area (TPSA) is 76.5 Å². The Hall–Kier alpha value is -1.94. The quantitative estimate of drug-likeness (QED) is 0.788. The molecule has 0 unspecified atom stereocenters. The van der Waals surface area contributed by atoms with Crippen LogP contribution in [0.15, 0.2) is 34.7 Å². The van der Waals surface area contributed by atoms with Crippen LogP contribution in [-0.2, 0) is 0 Å². The Kier molecular flexibility index (Phi) is 2.58. The Morgan fingerprint density at radius 1 is 1.31 bits per heavy atom. The number of nitrogens with two attached hydrogens (primary N) is 1. The van der Waals surface area contributed by atoms with Crippen LogP contribution in [0.2, 0.25) is 5.02 Å². The molecule has 3 N–H and O–H groups in total. The lowest BCUT2D eigenvalue weighted by Gasteiger charge is -2.01. The van der Waals surface area contributed by atoms with E-state index in [1.807, 2.05) is 0 Å². The van der Waals surface area contributed by atoms with Crippen LogP contribution in [0.5, 0.6) is 0 Å². The Morgan fingerprint density at radius 2 is 2.06 bits per heavy atom. The highest BCUT2D eigenvalue weighted by atomic mass is 35.5. The average molecular weight is 238 g/mol. The highest BCUT2D eigenvalue weighted by Crippen LogP contribution is 2.30. The second kappa shape index (κ2) is 3.90. The zero-order chi connectivity index (χ0) is 11.7. The van der Waals surface area contributed by atoms with Crippen molar-refractivity contribution in [2.24, 2.45) is 0 Å². The van der Waals surface area contributed by atoms with Gasteiger partial charge in [0.15, 0.2) is 0 Å². The molecule has 2 aromatic rings. The third-order valence-electron chi connectivity index (χ3n) is 2.08. The summed E-state index contributed by atoms with van der Waals surface area (Å²) >= 11 is 5.97. The maximum atomic E-state index is 10.6. The van der Waals surface area contributed by atoms with Crippen molar-refractivity contribution in [3.63, 3.8) is 0 Å². The van der Waals surface area contributed by atoms with E-state index in [1.54, 1.807) is 24.3 Å². The highest BCUT2D eigenvalue weighted by molar-refractivity contribution is 6.33. The van der Waals surface area contributed by atoms with Crippen molar-refractivity contribution in [3.05, 3.63) is 41.1 Å². The molecule has 4 nitrogen and oxygen atoms in total. The number of hydrogen-bond acceptors (Lipinski definition) is 3. The summed E-state index contributed by atoms with van der Waals surface area (Å²) in [5, 5.41) is 9.13. The van der Waals surface area contributed by atoms with E-state index < -0.39 is 5.97 Å². The lowest BCUT2D eigenvalue weighted by Crippen LogP contribution is -1.91. The molecule has 0 fully saturated rings. The predicted octanol–water partition coefficient (Wildman–Crippen LogP) is 2.88. The van der Waals surface area contributed by atoms with E-state index in [1.165, 1.54) is 6.07 Å². The smallest absolute Gasteiger partial charge is 0.371 e. The van der Waals surface area contributed by atoms with Gasteiger partial charge in [0.2, 0.25) is 5.76 Å². The molecule has 0 aliphatic rings. The fraction of sp³-hybridized carbons (Fsp3) is 0. The molecule has 16 heavy (non-hydrogen) atoms. The fourth-order valence-corrected chi connectivity index (χ4v) is 1.61. The van der Waals surface area contributed by atoms with E-state index in [9.17, 15) is 4.79 Å². The van der Waals surface area contributed by atoms with Crippen molar-refractivity contribution >= 4 is 23.3 Å². The largest absolute Gasteiger partial charge is 0.475 e. The molecule has 0 saturated heterocycles. The molecule has 0 amide bonds. The van der Waals surface area contributed by atoms with E-state index >= 15 is 0 Å². The Bertz CT molecular complexity index is 548. The minimum Gasteiger partial charge on any atom is -0.475 e. The highest BCUT2D eigenvalue weighted by Gasteiger charge is 2.12. The van der Waals surface area contributed by atoms with Gasteiger partial charge >= 0.3 is 5.97 Å². The summed E-state index contributed by atoms with van der Waals surface area (Å²) in [6.45, 7) is 0. The molecule has 5 heteroatoms. The predicted molar refractivity (Wildman–Crippen MR) is 60.5 cm³/mol. The number of nitrogen functional groups attached to an aromatic ring is 1. The Labute approximate surface area is 96.2 Å². The van der Waals surface area contributed by atoms with Crippen molar-refractivity contribution in [1.82, 2.24) is 0 Å². The number of furan rings is 1.